The van der Waals surface area contributed by atoms with Crippen LogP contribution in [0.2, 0.25) is 5.02 Å². The Balaban J connectivity index is 1.28. The molecule has 3 heterocycles. The van der Waals surface area contributed by atoms with Gasteiger partial charge in [0.2, 0.25) is 15.9 Å². The molecule has 2 aliphatic rings. The lowest BCUT2D eigenvalue weighted by atomic mass is 10.2. The molecule has 0 bridgehead atoms. The monoisotopic (exact) mass is 526 g/mol. The van der Waals surface area contributed by atoms with Gasteiger partial charge in [0.25, 0.3) is 0 Å². The molecule has 180 valence electrons. The molecule has 1 amide bonds. The van der Waals surface area contributed by atoms with Gasteiger partial charge in [0.15, 0.2) is 10.9 Å². The Labute approximate surface area is 204 Å². The number of thiazole rings is 1. The Morgan fingerprint density at radius 2 is 1.76 bits per heavy atom. The van der Waals surface area contributed by atoms with Crippen molar-refractivity contribution in [1.82, 2.24) is 14.2 Å². The third kappa shape index (κ3) is 4.26. The normalized spacial score (nSPS) is 19.8. The first-order valence-electron chi connectivity index (χ1n) is 10.8. The van der Waals surface area contributed by atoms with Crippen molar-refractivity contribution >= 4 is 54.2 Å². The lowest BCUT2D eigenvalue weighted by Gasteiger charge is -2.37. The Morgan fingerprint density at radius 1 is 1.06 bits per heavy atom. The average molecular weight is 527 g/mol. The van der Waals surface area contributed by atoms with Crippen LogP contribution in [0.5, 0.6) is 0 Å². The zero-order valence-electron chi connectivity index (χ0n) is 18.0. The predicted octanol–water partition coefficient (Wildman–Crippen LogP) is 3.73. The van der Waals surface area contributed by atoms with E-state index in [0.717, 1.165) is 6.07 Å². The van der Waals surface area contributed by atoms with Gasteiger partial charge >= 0.3 is 0 Å². The summed E-state index contributed by atoms with van der Waals surface area (Å²) in [4.78, 5) is 21.3. The van der Waals surface area contributed by atoms with Crippen molar-refractivity contribution < 1.29 is 22.0 Å². The van der Waals surface area contributed by atoms with Crippen LogP contribution in [0.25, 0.3) is 10.2 Å². The minimum atomic E-state index is -3.82. The molecule has 2 fully saturated rings. The number of aromatic nitrogens is 1. The van der Waals surface area contributed by atoms with Crippen molar-refractivity contribution in [3.63, 3.8) is 0 Å². The van der Waals surface area contributed by atoms with Gasteiger partial charge < -0.3 is 9.80 Å². The Morgan fingerprint density at radius 3 is 2.47 bits per heavy atom. The molecular formula is C22H21ClF2N4O3S2. The molecule has 34 heavy (non-hydrogen) atoms. The van der Waals surface area contributed by atoms with E-state index in [0.29, 0.717) is 53.9 Å². The summed E-state index contributed by atoms with van der Waals surface area (Å²) in [6.45, 7) is 1.99. The third-order valence-electron chi connectivity index (χ3n) is 6.17. The molecule has 0 saturated carbocycles. The Hall–Kier alpha value is -2.34. The van der Waals surface area contributed by atoms with Crippen molar-refractivity contribution in [2.75, 3.05) is 37.6 Å². The highest BCUT2D eigenvalue weighted by Crippen LogP contribution is 2.32. The number of fused-ring (bicyclic) bond motifs is 1. The van der Waals surface area contributed by atoms with Crippen LogP contribution >= 0.6 is 22.9 Å². The second-order valence-corrected chi connectivity index (χ2v) is 11.6. The number of benzene rings is 2. The summed E-state index contributed by atoms with van der Waals surface area (Å²) < 4.78 is 55.6. The van der Waals surface area contributed by atoms with E-state index in [9.17, 15) is 22.0 Å². The van der Waals surface area contributed by atoms with Crippen molar-refractivity contribution in [3.8, 4) is 0 Å². The smallest absolute Gasteiger partial charge is 0.243 e. The minimum absolute atomic E-state index is 0.112. The summed E-state index contributed by atoms with van der Waals surface area (Å²) in [6.07, 6.45) is 1.07. The van der Waals surface area contributed by atoms with Crippen LogP contribution in [0.15, 0.2) is 41.3 Å². The molecule has 2 aromatic carbocycles. The van der Waals surface area contributed by atoms with Crippen LogP contribution in [0.4, 0.5) is 13.9 Å². The van der Waals surface area contributed by atoms with Gasteiger partial charge in [-0.05, 0) is 43.2 Å². The zero-order chi connectivity index (χ0) is 24.0. The van der Waals surface area contributed by atoms with Crippen LogP contribution in [0, 0.1) is 11.6 Å². The summed E-state index contributed by atoms with van der Waals surface area (Å²) in [5, 5.41) is 1.01. The number of halogens is 3. The van der Waals surface area contributed by atoms with Gasteiger partial charge in [-0.15, -0.1) is 0 Å². The first kappa shape index (κ1) is 23.4. The second-order valence-electron chi connectivity index (χ2n) is 8.27. The molecule has 5 rings (SSSR count). The van der Waals surface area contributed by atoms with Crippen molar-refractivity contribution in [2.24, 2.45) is 0 Å². The van der Waals surface area contributed by atoms with Gasteiger partial charge in [0, 0.05) is 43.8 Å². The number of anilines is 1. The summed E-state index contributed by atoms with van der Waals surface area (Å²) in [5.41, 5.74) is 0.133. The van der Waals surface area contributed by atoms with Crippen LogP contribution in [0.1, 0.15) is 12.8 Å². The van der Waals surface area contributed by atoms with Gasteiger partial charge in [-0.2, -0.15) is 4.31 Å². The van der Waals surface area contributed by atoms with Crippen LogP contribution in [-0.2, 0) is 14.8 Å². The molecule has 12 heteroatoms. The van der Waals surface area contributed by atoms with Crippen LogP contribution in [0.3, 0.4) is 0 Å². The maximum Gasteiger partial charge on any atom is 0.243 e. The molecule has 0 radical (unpaired) electrons. The number of carbonyl (C=O) groups is 1. The van der Waals surface area contributed by atoms with E-state index >= 15 is 0 Å². The molecule has 2 aliphatic heterocycles. The minimum Gasteiger partial charge on any atom is -0.345 e. The van der Waals surface area contributed by atoms with Crippen molar-refractivity contribution in [3.05, 3.63) is 53.1 Å². The lowest BCUT2D eigenvalue weighted by Crippen LogP contribution is -2.54. The average Bonchev–Trinajstić information content (AvgIpc) is 3.47. The highest BCUT2D eigenvalue weighted by Gasteiger charge is 2.41. The van der Waals surface area contributed by atoms with Gasteiger partial charge in [0.05, 0.1) is 9.60 Å². The first-order valence-corrected chi connectivity index (χ1v) is 13.4. The fraction of sp³-hybridized carbons (Fsp3) is 0.364. The zero-order valence-corrected chi connectivity index (χ0v) is 20.3. The standard InChI is InChI=1S/C22H21ClF2N4O3S2/c23-14-3-5-16(6-4-14)34(31,32)29-7-1-2-18(29)21(30)27-8-10-28(11-9-27)22-26-20-17(25)12-15(24)13-19(20)33-22/h3-6,12-13,18H,1-2,7-11H2. The topological polar surface area (TPSA) is 73.8 Å². The molecular weight excluding hydrogens is 506 g/mol. The van der Waals surface area contributed by atoms with Crippen LogP contribution < -0.4 is 4.90 Å². The van der Waals surface area contributed by atoms with E-state index in [4.69, 9.17) is 11.6 Å². The summed E-state index contributed by atoms with van der Waals surface area (Å²) >= 11 is 7.09. The summed E-state index contributed by atoms with van der Waals surface area (Å²) in [6, 6.07) is 7.26. The second kappa shape index (κ2) is 9.03. The molecule has 3 aromatic rings. The number of rotatable bonds is 4. The molecule has 0 spiro atoms. The number of hydrogen-bond acceptors (Lipinski definition) is 6. The third-order valence-corrected chi connectivity index (χ3v) is 9.41. The number of sulfonamides is 1. The highest BCUT2D eigenvalue weighted by molar-refractivity contribution is 7.89. The quantitative estimate of drug-likeness (QED) is 0.518. The van der Waals surface area contributed by atoms with Crippen molar-refractivity contribution in [2.45, 2.75) is 23.8 Å². The van der Waals surface area contributed by atoms with Gasteiger partial charge in [-0.1, -0.05) is 22.9 Å². The fourth-order valence-corrected chi connectivity index (χ4v) is 7.26. The molecule has 1 aromatic heterocycles. The SMILES string of the molecule is O=C(C1CCCN1S(=O)(=O)c1ccc(Cl)cc1)N1CCN(c2nc3c(F)cc(F)cc3s2)CC1. The number of carbonyl (C=O) groups excluding carboxylic acids is 1. The van der Waals surface area contributed by atoms with E-state index in [-0.39, 0.29) is 22.9 Å². The van der Waals surface area contributed by atoms with Gasteiger partial charge in [0.1, 0.15) is 17.4 Å². The van der Waals surface area contributed by atoms with E-state index in [2.05, 4.69) is 4.98 Å². The molecule has 0 N–H and O–H groups in total. The fourth-order valence-electron chi connectivity index (χ4n) is 4.43. The molecule has 7 nitrogen and oxygen atoms in total. The maximum atomic E-state index is 14.0. The molecule has 1 atom stereocenters. The number of nitrogens with zero attached hydrogens (tertiary/aromatic N) is 4. The molecule has 1 unspecified atom stereocenters. The Kier molecular flexibility index (Phi) is 6.21. The Bertz CT molecular complexity index is 1340. The highest BCUT2D eigenvalue weighted by atomic mass is 35.5. The van der Waals surface area contributed by atoms with Gasteiger partial charge in [-0.25, -0.2) is 22.2 Å². The number of amides is 1. The lowest BCUT2D eigenvalue weighted by molar-refractivity contribution is -0.134. The summed E-state index contributed by atoms with van der Waals surface area (Å²) in [7, 11) is -3.82. The molecule has 0 aliphatic carbocycles. The number of piperazine rings is 1. The van der Waals surface area contributed by atoms with Crippen LogP contribution in [-0.4, -0.2) is 67.3 Å². The van der Waals surface area contributed by atoms with E-state index < -0.39 is 27.7 Å². The maximum absolute atomic E-state index is 14.0. The van der Waals surface area contributed by atoms with E-state index in [1.807, 2.05) is 4.90 Å². The summed E-state index contributed by atoms with van der Waals surface area (Å²) in [5.74, 6) is -1.56. The van der Waals surface area contributed by atoms with Gasteiger partial charge in [-0.3, -0.25) is 4.79 Å². The first-order chi connectivity index (χ1) is 16.2. The number of hydrogen-bond donors (Lipinski definition) is 0. The predicted molar refractivity (Wildman–Crippen MR) is 127 cm³/mol. The molecule has 2 saturated heterocycles. The van der Waals surface area contributed by atoms with E-state index in [1.54, 1.807) is 4.90 Å². The largest absolute Gasteiger partial charge is 0.345 e. The van der Waals surface area contributed by atoms with E-state index in [1.165, 1.54) is 46.0 Å². The van der Waals surface area contributed by atoms with Crippen molar-refractivity contribution in [1.29, 1.82) is 0 Å².